The van der Waals surface area contributed by atoms with Crippen LogP contribution in [0.1, 0.15) is 36.3 Å². The van der Waals surface area contributed by atoms with Gasteiger partial charge in [-0.25, -0.2) is 4.98 Å². The number of aryl methyl sites for hydroxylation is 1. The number of nitrogens with zero attached hydrogens (tertiary/aromatic N) is 3. The van der Waals surface area contributed by atoms with Crippen LogP contribution in [0, 0.1) is 0 Å². The SMILES string of the molecule is CCCc1cc(C(=O)NC(C)Cn2cccn2)cc(N)n1. The van der Waals surface area contributed by atoms with Crippen molar-refractivity contribution in [1.82, 2.24) is 20.1 Å². The molecule has 3 N–H and O–H groups in total. The number of hydrogen-bond acceptors (Lipinski definition) is 4. The lowest BCUT2D eigenvalue weighted by atomic mass is 10.1. The second kappa shape index (κ2) is 6.88. The van der Waals surface area contributed by atoms with Gasteiger partial charge in [0.2, 0.25) is 0 Å². The summed E-state index contributed by atoms with van der Waals surface area (Å²) in [6, 6.07) is 5.24. The molecule has 21 heavy (non-hydrogen) atoms. The Labute approximate surface area is 124 Å². The average molecular weight is 287 g/mol. The summed E-state index contributed by atoms with van der Waals surface area (Å²) in [5.41, 5.74) is 7.17. The molecule has 6 nitrogen and oxygen atoms in total. The highest BCUT2D eigenvalue weighted by molar-refractivity contribution is 5.95. The van der Waals surface area contributed by atoms with Crippen LogP contribution in [0.25, 0.3) is 0 Å². The molecule has 1 unspecified atom stereocenters. The summed E-state index contributed by atoms with van der Waals surface area (Å²) in [6.07, 6.45) is 5.36. The van der Waals surface area contributed by atoms with Gasteiger partial charge >= 0.3 is 0 Å². The van der Waals surface area contributed by atoms with E-state index in [0.717, 1.165) is 18.5 Å². The van der Waals surface area contributed by atoms with Crippen LogP contribution in [-0.2, 0) is 13.0 Å². The second-order valence-electron chi connectivity index (χ2n) is 5.12. The minimum Gasteiger partial charge on any atom is -0.384 e. The van der Waals surface area contributed by atoms with Crippen LogP contribution in [0.15, 0.2) is 30.6 Å². The van der Waals surface area contributed by atoms with Crippen molar-refractivity contribution in [3.63, 3.8) is 0 Å². The zero-order valence-corrected chi connectivity index (χ0v) is 12.4. The Morgan fingerprint density at radius 2 is 2.29 bits per heavy atom. The Bertz CT molecular complexity index is 594. The molecule has 0 saturated carbocycles. The summed E-state index contributed by atoms with van der Waals surface area (Å²) in [7, 11) is 0. The highest BCUT2D eigenvalue weighted by Crippen LogP contribution is 2.10. The number of nitrogens with two attached hydrogens (primary N) is 1. The predicted octanol–water partition coefficient (Wildman–Crippen LogP) is 1.63. The van der Waals surface area contributed by atoms with E-state index >= 15 is 0 Å². The van der Waals surface area contributed by atoms with E-state index < -0.39 is 0 Å². The number of anilines is 1. The molecule has 0 aromatic carbocycles. The molecule has 2 aromatic heterocycles. The molecule has 2 aromatic rings. The largest absolute Gasteiger partial charge is 0.384 e. The average Bonchev–Trinajstić information content (AvgIpc) is 2.91. The summed E-state index contributed by atoms with van der Waals surface area (Å²) in [5.74, 6) is 0.243. The van der Waals surface area contributed by atoms with Crippen LogP contribution < -0.4 is 11.1 Å². The molecule has 0 fully saturated rings. The van der Waals surface area contributed by atoms with Gasteiger partial charge in [-0.2, -0.15) is 5.10 Å². The van der Waals surface area contributed by atoms with Gasteiger partial charge in [0.15, 0.2) is 0 Å². The number of carbonyl (C=O) groups is 1. The Morgan fingerprint density at radius 1 is 1.48 bits per heavy atom. The lowest BCUT2D eigenvalue weighted by molar-refractivity contribution is 0.0936. The fraction of sp³-hybridized carbons (Fsp3) is 0.400. The summed E-state index contributed by atoms with van der Waals surface area (Å²) < 4.78 is 1.79. The lowest BCUT2D eigenvalue weighted by Crippen LogP contribution is -2.36. The molecule has 6 heteroatoms. The maximum Gasteiger partial charge on any atom is 0.251 e. The van der Waals surface area contributed by atoms with Crippen LogP contribution in [0.3, 0.4) is 0 Å². The van der Waals surface area contributed by atoms with Crippen LogP contribution in [-0.4, -0.2) is 26.7 Å². The maximum atomic E-state index is 12.3. The van der Waals surface area contributed by atoms with Crippen LogP contribution in [0.2, 0.25) is 0 Å². The summed E-state index contributed by atoms with van der Waals surface area (Å²) in [5, 5.41) is 7.07. The third-order valence-electron chi connectivity index (χ3n) is 3.06. The van der Waals surface area contributed by atoms with Gasteiger partial charge < -0.3 is 11.1 Å². The van der Waals surface area contributed by atoms with Gasteiger partial charge in [-0.05, 0) is 31.5 Å². The summed E-state index contributed by atoms with van der Waals surface area (Å²) in [4.78, 5) is 16.5. The van der Waals surface area contributed by atoms with Crippen molar-refractivity contribution >= 4 is 11.7 Å². The molecule has 0 radical (unpaired) electrons. The van der Waals surface area contributed by atoms with Crippen molar-refractivity contribution in [1.29, 1.82) is 0 Å². The molecule has 0 saturated heterocycles. The van der Waals surface area contributed by atoms with E-state index in [1.165, 1.54) is 0 Å². The van der Waals surface area contributed by atoms with Gasteiger partial charge in [-0.15, -0.1) is 0 Å². The fourth-order valence-electron chi connectivity index (χ4n) is 2.17. The standard InChI is InChI=1S/C15H21N5O/c1-3-5-13-8-12(9-14(16)19-13)15(21)18-11(2)10-20-7-4-6-17-20/h4,6-9,11H,3,5,10H2,1-2H3,(H2,16,19)(H,18,21). The van der Waals surface area contributed by atoms with E-state index in [4.69, 9.17) is 5.73 Å². The van der Waals surface area contributed by atoms with E-state index in [1.54, 1.807) is 23.0 Å². The predicted molar refractivity (Wildman–Crippen MR) is 81.8 cm³/mol. The third-order valence-corrected chi connectivity index (χ3v) is 3.06. The number of amides is 1. The molecule has 0 aliphatic carbocycles. The maximum absolute atomic E-state index is 12.3. The number of carbonyl (C=O) groups excluding carboxylic acids is 1. The Balaban J connectivity index is 2.02. The first-order valence-electron chi connectivity index (χ1n) is 7.13. The van der Waals surface area contributed by atoms with Crippen LogP contribution in [0.5, 0.6) is 0 Å². The molecule has 1 amide bonds. The molecule has 1 atom stereocenters. The number of rotatable bonds is 6. The van der Waals surface area contributed by atoms with Gasteiger partial charge in [0.05, 0.1) is 6.54 Å². The molecule has 2 rings (SSSR count). The van der Waals surface area contributed by atoms with E-state index in [0.29, 0.717) is 17.9 Å². The molecule has 0 bridgehead atoms. The van der Waals surface area contributed by atoms with E-state index in [2.05, 4.69) is 22.3 Å². The smallest absolute Gasteiger partial charge is 0.251 e. The molecular formula is C15H21N5O. The Morgan fingerprint density at radius 3 is 2.95 bits per heavy atom. The zero-order chi connectivity index (χ0) is 15.2. The van der Waals surface area contributed by atoms with Gasteiger partial charge in [-0.1, -0.05) is 13.3 Å². The minimum absolute atomic E-state index is 0.0265. The first-order chi connectivity index (χ1) is 10.1. The van der Waals surface area contributed by atoms with Crippen LogP contribution in [0.4, 0.5) is 5.82 Å². The van der Waals surface area contributed by atoms with E-state index in [9.17, 15) is 4.79 Å². The lowest BCUT2D eigenvalue weighted by Gasteiger charge is -2.14. The van der Waals surface area contributed by atoms with Crippen molar-refractivity contribution < 1.29 is 4.79 Å². The topological polar surface area (TPSA) is 85.8 Å². The Hall–Kier alpha value is -2.37. The molecule has 0 aliphatic heterocycles. The number of nitrogens with one attached hydrogen (secondary N) is 1. The van der Waals surface area contributed by atoms with E-state index in [1.807, 2.05) is 19.2 Å². The molecular weight excluding hydrogens is 266 g/mol. The third kappa shape index (κ3) is 4.30. The van der Waals surface area contributed by atoms with Crippen LogP contribution >= 0.6 is 0 Å². The highest BCUT2D eigenvalue weighted by Gasteiger charge is 2.12. The summed E-state index contributed by atoms with van der Waals surface area (Å²) >= 11 is 0. The normalized spacial score (nSPS) is 12.1. The first kappa shape index (κ1) is 15.0. The van der Waals surface area contributed by atoms with Crippen molar-refractivity contribution in [3.8, 4) is 0 Å². The second-order valence-corrected chi connectivity index (χ2v) is 5.12. The Kier molecular flexibility index (Phi) is 4.92. The fourth-order valence-corrected chi connectivity index (χ4v) is 2.17. The molecule has 0 aliphatic rings. The van der Waals surface area contributed by atoms with Crippen molar-refractivity contribution in [2.45, 2.75) is 39.3 Å². The van der Waals surface area contributed by atoms with Crippen molar-refractivity contribution in [3.05, 3.63) is 41.9 Å². The van der Waals surface area contributed by atoms with E-state index in [-0.39, 0.29) is 11.9 Å². The molecule has 0 spiro atoms. The summed E-state index contributed by atoms with van der Waals surface area (Å²) in [6.45, 7) is 4.63. The number of pyridine rings is 1. The minimum atomic E-state index is -0.138. The number of hydrogen-bond donors (Lipinski definition) is 2. The first-order valence-corrected chi connectivity index (χ1v) is 7.13. The zero-order valence-electron chi connectivity index (χ0n) is 12.4. The van der Waals surface area contributed by atoms with Gasteiger partial charge in [0, 0.05) is 29.7 Å². The highest BCUT2D eigenvalue weighted by atomic mass is 16.1. The number of aromatic nitrogens is 3. The van der Waals surface area contributed by atoms with Gasteiger partial charge in [0.25, 0.3) is 5.91 Å². The molecule has 112 valence electrons. The quantitative estimate of drug-likeness (QED) is 0.845. The number of nitrogen functional groups attached to an aromatic ring is 1. The molecule has 2 heterocycles. The van der Waals surface area contributed by atoms with Gasteiger partial charge in [-0.3, -0.25) is 9.48 Å². The van der Waals surface area contributed by atoms with Crippen molar-refractivity contribution in [2.24, 2.45) is 0 Å². The van der Waals surface area contributed by atoms with Crippen molar-refractivity contribution in [2.75, 3.05) is 5.73 Å². The monoisotopic (exact) mass is 287 g/mol. The van der Waals surface area contributed by atoms with Gasteiger partial charge in [0.1, 0.15) is 5.82 Å².